The molecule has 2 aliphatic heterocycles. The molecule has 2 aliphatic rings. The zero-order valence-corrected chi connectivity index (χ0v) is 15.7. The molecule has 0 radical (unpaired) electrons. The van der Waals surface area contributed by atoms with Crippen molar-refractivity contribution in [2.45, 2.75) is 32.4 Å². The molecule has 2 heterocycles. The van der Waals surface area contributed by atoms with Crippen molar-refractivity contribution in [3.8, 4) is 0 Å². The van der Waals surface area contributed by atoms with E-state index in [-0.39, 0.29) is 23.6 Å². The Hall–Kier alpha value is -0.850. The maximum atomic E-state index is 12.2. The summed E-state index contributed by atoms with van der Waals surface area (Å²) in [5, 5.41) is 1.35. The number of halogens is 1. The molecule has 4 nitrogen and oxygen atoms in total. The van der Waals surface area contributed by atoms with Crippen LogP contribution >= 0.6 is 23.8 Å². The van der Waals surface area contributed by atoms with Gasteiger partial charge in [-0.1, -0.05) is 31.5 Å². The Morgan fingerprint density at radius 2 is 2.00 bits per heavy atom. The van der Waals surface area contributed by atoms with Crippen molar-refractivity contribution >= 4 is 44.5 Å². The van der Waals surface area contributed by atoms with Crippen LogP contribution in [-0.2, 0) is 9.84 Å². The monoisotopic (exact) mass is 372 g/mol. The molecule has 0 aliphatic carbocycles. The molecule has 126 valence electrons. The van der Waals surface area contributed by atoms with Gasteiger partial charge in [-0.3, -0.25) is 0 Å². The van der Waals surface area contributed by atoms with Crippen molar-refractivity contribution in [1.82, 2.24) is 4.90 Å². The molecule has 0 saturated carbocycles. The fourth-order valence-electron chi connectivity index (χ4n) is 3.36. The van der Waals surface area contributed by atoms with E-state index in [4.69, 9.17) is 23.8 Å². The molecule has 0 amide bonds. The first-order valence-electron chi connectivity index (χ1n) is 7.84. The second kappa shape index (κ2) is 6.22. The third-order valence-electron chi connectivity index (χ3n) is 4.51. The summed E-state index contributed by atoms with van der Waals surface area (Å²) < 4.78 is 24.3. The van der Waals surface area contributed by atoms with E-state index in [1.807, 2.05) is 29.2 Å². The second-order valence-corrected chi connectivity index (χ2v) is 9.68. The standard InChI is InChI=1S/C16H21ClN2O2S2/c1-11(2)6-7-18-14-9-23(20,21)10-15(14)19(16(18)22)13-5-3-4-12(17)8-13/h3-5,8,11,14-15H,6-7,9-10H2,1-2H3. The van der Waals surface area contributed by atoms with Gasteiger partial charge in [0.05, 0.1) is 23.6 Å². The predicted octanol–water partition coefficient (Wildman–Crippen LogP) is 2.96. The fraction of sp³-hybridized carbons (Fsp3) is 0.562. The summed E-state index contributed by atoms with van der Waals surface area (Å²) in [5.41, 5.74) is 0.877. The van der Waals surface area contributed by atoms with Crippen molar-refractivity contribution in [2.24, 2.45) is 5.92 Å². The lowest BCUT2D eigenvalue weighted by molar-refractivity contribution is 0.333. The van der Waals surface area contributed by atoms with Gasteiger partial charge in [-0.2, -0.15) is 0 Å². The van der Waals surface area contributed by atoms with E-state index >= 15 is 0 Å². The predicted molar refractivity (Wildman–Crippen MR) is 98.9 cm³/mol. The maximum Gasteiger partial charge on any atom is 0.176 e. The van der Waals surface area contributed by atoms with Crippen molar-refractivity contribution in [3.63, 3.8) is 0 Å². The van der Waals surface area contributed by atoms with Gasteiger partial charge in [0, 0.05) is 17.3 Å². The van der Waals surface area contributed by atoms with Crippen molar-refractivity contribution in [3.05, 3.63) is 29.3 Å². The van der Waals surface area contributed by atoms with Crippen LogP contribution in [-0.4, -0.2) is 48.6 Å². The van der Waals surface area contributed by atoms with Crippen LogP contribution in [0.1, 0.15) is 20.3 Å². The number of benzene rings is 1. The van der Waals surface area contributed by atoms with E-state index in [2.05, 4.69) is 18.7 Å². The van der Waals surface area contributed by atoms with Gasteiger partial charge in [-0.25, -0.2) is 8.42 Å². The summed E-state index contributed by atoms with van der Waals surface area (Å²) in [6.45, 7) is 5.12. The molecule has 2 saturated heterocycles. The van der Waals surface area contributed by atoms with E-state index in [0.717, 1.165) is 23.8 Å². The number of sulfone groups is 1. The lowest BCUT2D eigenvalue weighted by Gasteiger charge is -2.26. The largest absolute Gasteiger partial charge is 0.343 e. The molecule has 23 heavy (non-hydrogen) atoms. The molecule has 2 fully saturated rings. The van der Waals surface area contributed by atoms with E-state index < -0.39 is 9.84 Å². The average molecular weight is 373 g/mol. The fourth-order valence-corrected chi connectivity index (χ4v) is 5.97. The summed E-state index contributed by atoms with van der Waals surface area (Å²) in [6, 6.07) is 7.30. The smallest absolute Gasteiger partial charge is 0.176 e. The second-order valence-electron chi connectivity index (χ2n) is 6.72. The SMILES string of the molecule is CC(C)CCN1C(=S)N(c2cccc(Cl)c2)C2CS(=O)(=O)CC21. The van der Waals surface area contributed by atoms with Gasteiger partial charge in [0.1, 0.15) is 0 Å². The number of nitrogens with zero attached hydrogens (tertiary/aromatic N) is 2. The van der Waals surface area contributed by atoms with Gasteiger partial charge in [0.2, 0.25) is 0 Å². The Kier molecular flexibility index (Phi) is 4.60. The highest BCUT2D eigenvalue weighted by Crippen LogP contribution is 2.36. The minimum Gasteiger partial charge on any atom is -0.343 e. The Labute approximate surface area is 148 Å². The first-order chi connectivity index (χ1) is 10.8. The minimum absolute atomic E-state index is 0.0507. The van der Waals surface area contributed by atoms with Crippen molar-refractivity contribution < 1.29 is 8.42 Å². The number of hydrogen-bond acceptors (Lipinski definition) is 3. The van der Waals surface area contributed by atoms with E-state index in [1.54, 1.807) is 0 Å². The molecule has 0 bridgehead atoms. The summed E-state index contributed by atoms with van der Waals surface area (Å²) in [6.07, 6.45) is 0.993. The number of hydrogen-bond donors (Lipinski definition) is 0. The Balaban J connectivity index is 1.94. The van der Waals surface area contributed by atoms with E-state index in [0.29, 0.717) is 10.9 Å². The highest BCUT2D eigenvalue weighted by Gasteiger charge is 2.51. The molecule has 1 aromatic carbocycles. The number of rotatable bonds is 4. The molecule has 3 rings (SSSR count). The summed E-state index contributed by atoms with van der Waals surface area (Å²) >= 11 is 11.8. The first kappa shape index (κ1) is 17.0. The van der Waals surface area contributed by atoms with Gasteiger partial charge in [-0.05, 0) is 42.8 Å². The highest BCUT2D eigenvalue weighted by atomic mass is 35.5. The van der Waals surface area contributed by atoms with Crippen LogP contribution < -0.4 is 4.90 Å². The Bertz CT molecular complexity index is 721. The number of fused-ring (bicyclic) bond motifs is 1. The van der Waals surface area contributed by atoms with Crippen molar-refractivity contribution in [1.29, 1.82) is 0 Å². The van der Waals surface area contributed by atoms with Crippen molar-refractivity contribution in [2.75, 3.05) is 23.0 Å². The first-order valence-corrected chi connectivity index (χ1v) is 10.4. The molecule has 2 atom stereocenters. The van der Waals surface area contributed by atoms with E-state index in [1.165, 1.54) is 0 Å². The van der Waals surface area contributed by atoms with Crippen LogP contribution in [0.15, 0.2) is 24.3 Å². The third kappa shape index (κ3) is 3.35. The van der Waals surface area contributed by atoms with Gasteiger partial charge < -0.3 is 9.80 Å². The zero-order chi connectivity index (χ0) is 16.8. The van der Waals surface area contributed by atoms with Crippen LogP contribution in [0.3, 0.4) is 0 Å². The average Bonchev–Trinajstić information content (AvgIpc) is 2.86. The maximum absolute atomic E-state index is 12.2. The van der Waals surface area contributed by atoms with Gasteiger partial charge in [-0.15, -0.1) is 0 Å². The van der Waals surface area contributed by atoms with Crippen LogP contribution in [0.5, 0.6) is 0 Å². The molecule has 0 aromatic heterocycles. The van der Waals surface area contributed by atoms with Crippen LogP contribution in [0.25, 0.3) is 0 Å². The minimum atomic E-state index is -3.03. The zero-order valence-electron chi connectivity index (χ0n) is 13.3. The molecule has 1 aromatic rings. The quantitative estimate of drug-likeness (QED) is 0.760. The number of thiocarbonyl (C=S) groups is 1. The molecule has 7 heteroatoms. The van der Waals surface area contributed by atoms with Crippen LogP contribution in [0.2, 0.25) is 5.02 Å². The van der Waals surface area contributed by atoms with Gasteiger partial charge in [0.25, 0.3) is 0 Å². The van der Waals surface area contributed by atoms with E-state index in [9.17, 15) is 8.42 Å². The number of anilines is 1. The lowest BCUT2D eigenvalue weighted by atomic mass is 10.1. The highest BCUT2D eigenvalue weighted by molar-refractivity contribution is 7.91. The topological polar surface area (TPSA) is 40.6 Å². The van der Waals surface area contributed by atoms with Crippen LogP contribution in [0, 0.1) is 5.92 Å². The molecular weight excluding hydrogens is 352 g/mol. The summed E-state index contributed by atoms with van der Waals surface area (Å²) in [4.78, 5) is 4.09. The third-order valence-corrected chi connectivity index (χ3v) is 6.88. The van der Waals surface area contributed by atoms with Gasteiger partial charge in [0.15, 0.2) is 14.9 Å². The normalized spacial score (nSPS) is 26.2. The Morgan fingerprint density at radius 3 is 2.65 bits per heavy atom. The van der Waals surface area contributed by atoms with Gasteiger partial charge >= 0.3 is 0 Å². The molecule has 2 unspecified atom stereocenters. The summed E-state index contributed by atoms with van der Waals surface area (Å²) in [7, 11) is -3.03. The summed E-state index contributed by atoms with van der Waals surface area (Å²) in [5.74, 6) is 0.893. The van der Waals surface area contributed by atoms with Crippen LogP contribution in [0.4, 0.5) is 5.69 Å². The molecule has 0 spiro atoms. The molecule has 0 N–H and O–H groups in total. The lowest BCUT2D eigenvalue weighted by Crippen LogP contribution is -2.38. The Morgan fingerprint density at radius 1 is 1.30 bits per heavy atom. The molecular formula is C16H21ClN2O2S2.